The number of carbonyl (C=O) groups excluding carboxylic acids is 1. The number of carbonyl (C=O) groups is 1. The average molecular weight is 263 g/mol. The van der Waals surface area contributed by atoms with E-state index in [4.69, 9.17) is 33.0 Å². The molecule has 1 rings (SSSR count). The van der Waals surface area contributed by atoms with E-state index >= 15 is 0 Å². The van der Waals surface area contributed by atoms with Crippen molar-refractivity contribution in [3.05, 3.63) is 27.7 Å². The number of Topliss-reactive ketones (excluding diaryl/α,β-unsaturated/α-hetero) is 1. The number of ketones is 1. The molecule has 0 atom stereocenters. The molecule has 1 aromatic carbocycles. The summed E-state index contributed by atoms with van der Waals surface area (Å²) in [6.45, 7) is -0.0206. The number of hydrogen-bond donors (Lipinski definition) is 1. The molecular weight excluding hydrogens is 251 g/mol. The van der Waals surface area contributed by atoms with Crippen LogP contribution < -0.4 is 4.74 Å². The summed E-state index contributed by atoms with van der Waals surface area (Å²) < 4.78 is 4.97. The molecule has 0 aliphatic carbocycles. The third-order valence-corrected chi connectivity index (χ3v) is 2.99. The summed E-state index contributed by atoms with van der Waals surface area (Å²) in [5, 5.41) is 9.07. The first-order chi connectivity index (χ1) is 7.61. The molecule has 0 radical (unpaired) electrons. The normalized spacial score (nSPS) is 10.2. The molecule has 0 aliphatic heterocycles. The zero-order valence-corrected chi connectivity index (χ0v) is 10.3. The Morgan fingerprint density at radius 3 is 2.62 bits per heavy atom. The fraction of sp³-hybridized carbons (Fsp3) is 0.364. The standard InChI is InChI=1S/C11H12Cl2O3/c1-16-9-5-4-7(10(12)11(9)13)8(15)3-2-6-14/h4-5,14H,2-3,6H2,1H3. The molecule has 0 heterocycles. The van der Waals surface area contributed by atoms with Gasteiger partial charge in [0.15, 0.2) is 5.78 Å². The van der Waals surface area contributed by atoms with Gasteiger partial charge in [-0.1, -0.05) is 23.2 Å². The maximum absolute atomic E-state index is 11.7. The fourth-order valence-electron chi connectivity index (χ4n) is 1.28. The quantitative estimate of drug-likeness (QED) is 0.831. The predicted octanol–water partition coefficient (Wildman–Crippen LogP) is 2.96. The van der Waals surface area contributed by atoms with Crippen molar-refractivity contribution in [2.75, 3.05) is 13.7 Å². The van der Waals surface area contributed by atoms with Gasteiger partial charge >= 0.3 is 0 Å². The summed E-state index contributed by atoms with van der Waals surface area (Å²) in [6.07, 6.45) is 0.664. The van der Waals surface area contributed by atoms with Crippen molar-refractivity contribution < 1.29 is 14.6 Å². The zero-order valence-electron chi connectivity index (χ0n) is 8.80. The van der Waals surface area contributed by atoms with Gasteiger partial charge in [0.2, 0.25) is 0 Å². The first-order valence-corrected chi connectivity index (χ1v) is 5.53. The topological polar surface area (TPSA) is 46.5 Å². The van der Waals surface area contributed by atoms with Crippen molar-refractivity contribution in [1.82, 2.24) is 0 Å². The van der Waals surface area contributed by atoms with Crippen LogP contribution in [-0.2, 0) is 0 Å². The SMILES string of the molecule is COc1ccc(C(=O)CCCO)c(Cl)c1Cl. The Morgan fingerprint density at radius 2 is 2.06 bits per heavy atom. The zero-order chi connectivity index (χ0) is 12.1. The highest BCUT2D eigenvalue weighted by Gasteiger charge is 2.15. The Hall–Kier alpha value is -0.770. The predicted molar refractivity (Wildman–Crippen MR) is 63.7 cm³/mol. The molecule has 3 nitrogen and oxygen atoms in total. The second-order valence-electron chi connectivity index (χ2n) is 3.19. The first-order valence-electron chi connectivity index (χ1n) is 4.77. The van der Waals surface area contributed by atoms with E-state index < -0.39 is 0 Å². The van der Waals surface area contributed by atoms with Gasteiger partial charge in [-0.15, -0.1) is 0 Å². The lowest BCUT2D eigenvalue weighted by atomic mass is 10.1. The molecular formula is C11H12Cl2O3. The monoisotopic (exact) mass is 262 g/mol. The van der Waals surface area contributed by atoms with Crippen molar-refractivity contribution in [2.45, 2.75) is 12.8 Å². The second-order valence-corrected chi connectivity index (χ2v) is 3.95. The van der Waals surface area contributed by atoms with Gasteiger partial charge in [-0.25, -0.2) is 0 Å². The summed E-state index contributed by atoms with van der Waals surface area (Å²) in [7, 11) is 1.48. The summed E-state index contributed by atoms with van der Waals surface area (Å²) in [5.41, 5.74) is 0.362. The van der Waals surface area contributed by atoms with Gasteiger partial charge in [0.1, 0.15) is 10.8 Å². The molecule has 0 amide bonds. The maximum Gasteiger partial charge on any atom is 0.164 e. The fourth-order valence-corrected chi connectivity index (χ4v) is 1.78. The van der Waals surface area contributed by atoms with Crippen LogP contribution in [0.5, 0.6) is 5.75 Å². The lowest BCUT2D eigenvalue weighted by Gasteiger charge is -2.08. The smallest absolute Gasteiger partial charge is 0.164 e. The number of halogens is 2. The summed E-state index contributed by atoms with van der Waals surface area (Å²) in [5.74, 6) is 0.300. The van der Waals surface area contributed by atoms with Crippen molar-refractivity contribution in [3.63, 3.8) is 0 Å². The molecule has 88 valence electrons. The highest BCUT2D eigenvalue weighted by molar-refractivity contribution is 6.44. The Balaban J connectivity index is 2.98. The molecule has 0 fully saturated rings. The number of benzene rings is 1. The molecule has 5 heteroatoms. The third-order valence-electron chi connectivity index (χ3n) is 2.13. The number of aliphatic hydroxyl groups excluding tert-OH is 1. The number of rotatable bonds is 5. The van der Waals surface area contributed by atoms with Crippen LogP contribution in [0.4, 0.5) is 0 Å². The average Bonchev–Trinajstić information content (AvgIpc) is 2.29. The molecule has 0 spiro atoms. The largest absolute Gasteiger partial charge is 0.495 e. The molecule has 0 bridgehead atoms. The van der Waals surface area contributed by atoms with E-state index in [0.717, 1.165) is 0 Å². The van der Waals surface area contributed by atoms with Gasteiger partial charge in [0.05, 0.1) is 12.1 Å². The van der Waals surface area contributed by atoms with E-state index in [9.17, 15) is 4.79 Å². The van der Waals surface area contributed by atoms with Gasteiger partial charge < -0.3 is 9.84 Å². The first kappa shape index (κ1) is 13.3. The van der Waals surface area contributed by atoms with Crippen LogP contribution in [0.3, 0.4) is 0 Å². The summed E-state index contributed by atoms with van der Waals surface area (Å²) >= 11 is 11.9. The molecule has 1 N–H and O–H groups in total. The number of hydrogen-bond acceptors (Lipinski definition) is 3. The van der Waals surface area contributed by atoms with E-state index in [1.807, 2.05) is 0 Å². The van der Waals surface area contributed by atoms with Crippen molar-refractivity contribution in [1.29, 1.82) is 0 Å². The van der Waals surface area contributed by atoms with Crippen molar-refractivity contribution in [2.24, 2.45) is 0 Å². The molecule has 16 heavy (non-hydrogen) atoms. The Labute approximate surface area is 104 Å². The van der Waals surface area contributed by atoms with Gasteiger partial charge in [-0.3, -0.25) is 4.79 Å². The Morgan fingerprint density at radius 1 is 1.38 bits per heavy atom. The number of methoxy groups -OCH3 is 1. The number of ether oxygens (including phenoxy) is 1. The second kappa shape index (κ2) is 6.09. The van der Waals surface area contributed by atoms with Crippen molar-refractivity contribution in [3.8, 4) is 5.75 Å². The third kappa shape index (κ3) is 2.88. The highest BCUT2D eigenvalue weighted by atomic mass is 35.5. The van der Waals surface area contributed by atoms with Gasteiger partial charge in [0, 0.05) is 18.6 Å². The maximum atomic E-state index is 11.7. The van der Waals surface area contributed by atoms with Crippen LogP contribution in [0.1, 0.15) is 23.2 Å². The molecule has 1 aromatic rings. The molecule has 0 saturated heterocycles. The molecule has 0 saturated carbocycles. The number of aliphatic hydroxyl groups is 1. The van der Waals surface area contributed by atoms with Gasteiger partial charge in [-0.05, 0) is 18.6 Å². The van der Waals surface area contributed by atoms with Gasteiger partial charge in [0.25, 0.3) is 0 Å². The minimum absolute atomic E-state index is 0.0206. The highest BCUT2D eigenvalue weighted by Crippen LogP contribution is 2.34. The molecule has 0 aliphatic rings. The Kier molecular flexibility index (Phi) is 5.06. The van der Waals surface area contributed by atoms with Crippen LogP contribution in [-0.4, -0.2) is 24.6 Å². The minimum Gasteiger partial charge on any atom is -0.495 e. The lowest BCUT2D eigenvalue weighted by Crippen LogP contribution is -2.02. The molecule has 0 aromatic heterocycles. The van der Waals surface area contributed by atoms with Crippen LogP contribution in [0, 0.1) is 0 Å². The van der Waals surface area contributed by atoms with E-state index in [1.54, 1.807) is 12.1 Å². The van der Waals surface area contributed by atoms with Crippen LogP contribution in [0.25, 0.3) is 0 Å². The lowest BCUT2D eigenvalue weighted by molar-refractivity contribution is 0.0971. The van der Waals surface area contributed by atoms with Crippen LogP contribution >= 0.6 is 23.2 Å². The summed E-state index contributed by atoms with van der Waals surface area (Å²) in [4.78, 5) is 11.7. The van der Waals surface area contributed by atoms with E-state index in [1.165, 1.54) is 7.11 Å². The van der Waals surface area contributed by atoms with E-state index in [-0.39, 0.29) is 28.9 Å². The van der Waals surface area contributed by atoms with Crippen LogP contribution in [0.2, 0.25) is 10.0 Å². The Bertz CT molecular complexity index is 391. The molecule has 0 unspecified atom stereocenters. The van der Waals surface area contributed by atoms with E-state index in [2.05, 4.69) is 0 Å². The van der Waals surface area contributed by atoms with Crippen LogP contribution in [0.15, 0.2) is 12.1 Å². The van der Waals surface area contributed by atoms with Crippen molar-refractivity contribution >= 4 is 29.0 Å². The summed E-state index contributed by atoms with van der Waals surface area (Å²) in [6, 6.07) is 3.17. The van der Waals surface area contributed by atoms with E-state index in [0.29, 0.717) is 17.7 Å². The van der Waals surface area contributed by atoms with Gasteiger partial charge in [-0.2, -0.15) is 0 Å². The minimum atomic E-state index is -0.136.